The summed E-state index contributed by atoms with van der Waals surface area (Å²) in [5.74, 6) is 0. The molecular formula is C16H25BrN2O. The third-order valence-electron chi connectivity index (χ3n) is 3.53. The number of rotatable bonds is 3. The molecule has 2 rings (SSSR count). The van der Waals surface area contributed by atoms with Gasteiger partial charge in [0.15, 0.2) is 0 Å². The Hall–Kier alpha value is -0.580. The fourth-order valence-corrected chi connectivity index (χ4v) is 2.75. The van der Waals surface area contributed by atoms with Crippen LogP contribution in [0.1, 0.15) is 33.3 Å². The summed E-state index contributed by atoms with van der Waals surface area (Å²) in [6.07, 6.45) is 0. The van der Waals surface area contributed by atoms with Crippen molar-refractivity contribution in [1.29, 1.82) is 0 Å². The fraction of sp³-hybridized carbons (Fsp3) is 0.625. The van der Waals surface area contributed by atoms with Gasteiger partial charge in [-0.2, -0.15) is 0 Å². The van der Waals surface area contributed by atoms with E-state index in [-0.39, 0.29) is 5.54 Å². The Kier molecular flexibility index (Phi) is 5.10. The molecule has 112 valence electrons. The summed E-state index contributed by atoms with van der Waals surface area (Å²) in [4.78, 5) is 2.45. The highest BCUT2D eigenvalue weighted by atomic mass is 79.9. The van der Waals surface area contributed by atoms with E-state index in [1.54, 1.807) is 0 Å². The summed E-state index contributed by atoms with van der Waals surface area (Å²) >= 11 is 3.60. The molecule has 0 spiro atoms. The summed E-state index contributed by atoms with van der Waals surface area (Å²) in [6.45, 7) is 12.3. The summed E-state index contributed by atoms with van der Waals surface area (Å²) in [5.41, 5.74) is 2.78. The van der Waals surface area contributed by atoms with Crippen LogP contribution >= 0.6 is 15.9 Å². The zero-order valence-corrected chi connectivity index (χ0v) is 14.5. The minimum Gasteiger partial charge on any atom is -0.377 e. The predicted molar refractivity (Wildman–Crippen MR) is 88.4 cm³/mol. The lowest BCUT2D eigenvalue weighted by molar-refractivity contribution is 0.0988. The van der Waals surface area contributed by atoms with Crippen molar-refractivity contribution in [3.63, 3.8) is 0 Å². The van der Waals surface area contributed by atoms with Crippen LogP contribution in [0.4, 0.5) is 5.69 Å². The molecule has 3 nitrogen and oxygen atoms in total. The third kappa shape index (κ3) is 4.21. The molecule has 1 heterocycles. The molecule has 0 saturated carbocycles. The Morgan fingerprint density at radius 1 is 1.40 bits per heavy atom. The SMILES string of the molecule is CC1COCCN1c1cc(Br)ccc1CNC(C)(C)C. The number of anilines is 1. The van der Waals surface area contributed by atoms with Crippen LogP contribution in [0.5, 0.6) is 0 Å². The lowest BCUT2D eigenvalue weighted by Gasteiger charge is -2.37. The summed E-state index contributed by atoms with van der Waals surface area (Å²) in [5, 5.41) is 3.58. The average Bonchev–Trinajstić information content (AvgIpc) is 2.37. The molecule has 1 saturated heterocycles. The zero-order chi connectivity index (χ0) is 14.8. The second-order valence-corrected chi connectivity index (χ2v) is 7.41. The van der Waals surface area contributed by atoms with E-state index in [1.165, 1.54) is 11.3 Å². The topological polar surface area (TPSA) is 24.5 Å². The standard InChI is InChI=1S/C16H25BrN2O/c1-12-11-20-8-7-19(12)15-9-14(17)6-5-13(15)10-18-16(2,3)4/h5-6,9,12,18H,7-8,10-11H2,1-4H3. The van der Waals surface area contributed by atoms with Crippen LogP contribution in [0.15, 0.2) is 22.7 Å². The normalized spacial score (nSPS) is 20.2. The third-order valence-corrected chi connectivity index (χ3v) is 4.03. The maximum absolute atomic E-state index is 5.55. The summed E-state index contributed by atoms with van der Waals surface area (Å²) in [6, 6.07) is 6.97. The molecule has 20 heavy (non-hydrogen) atoms. The number of hydrogen-bond donors (Lipinski definition) is 1. The van der Waals surface area contributed by atoms with Crippen LogP contribution in [0.2, 0.25) is 0 Å². The van der Waals surface area contributed by atoms with Crippen molar-refractivity contribution in [2.45, 2.75) is 45.8 Å². The van der Waals surface area contributed by atoms with Crippen molar-refractivity contribution < 1.29 is 4.74 Å². The largest absolute Gasteiger partial charge is 0.377 e. The molecule has 0 amide bonds. The van der Waals surface area contributed by atoms with Gasteiger partial charge in [0.05, 0.1) is 13.2 Å². The number of morpholine rings is 1. The fourth-order valence-electron chi connectivity index (χ4n) is 2.40. The molecule has 0 aromatic heterocycles. The van der Waals surface area contributed by atoms with Gasteiger partial charge in [0.2, 0.25) is 0 Å². The van der Waals surface area contributed by atoms with Gasteiger partial charge in [-0.05, 0) is 45.4 Å². The molecule has 1 unspecified atom stereocenters. The van der Waals surface area contributed by atoms with Crippen LogP contribution < -0.4 is 10.2 Å². The Labute approximate surface area is 130 Å². The van der Waals surface area contributed by atoms with Gasteiger partial charge in [-0.15, -0.1) is 0 Å². The second-order valence-electron chi connectivity index (χ2n) is 6.49. The van der Waals surface area contributed by atoms with Gasteiger partial charge in [0.25, 0.3) is 0 Å². The quantitative estimate of drug-likeness (QED) is 0.910. The molecule has 1 atom stereocenters. The van der Waals surface area contributed by atoms with Crippen LogP contribution in [-0.2, 0) is 11.3 Å². The van der Waals surface area contributed by atoms with E-state index >= 15 is 0 Å². The Morgan fingerprint density at radius 2 is 2.15 bits per heavy atom. The van der Waals surface area contributed by atoms with Crippen LogP contribution in [0.25, 0.3) is 0 Å². The van der Waals surface area contributed by atoms with Crippen molar-refractivity contribution >= 4 is 21.6 Å². The minimum absolute atomic E-state index is 0.126. The number of nitrogens with one attached hydrogen (secondary N) is 1. The Morgan fingerprint density at radius 3 is 2.80 bits per heavy atom. The van der Waals surface area contributed by atoms with Gasteiger partial charge in [-0.3, -0.25) is 0 Å². The first-order valence-corrected chi connectivity index (χ1v) is 8.04. The number of ether oxygens (including phenoxy) is 1. The number of nitrogens with zero attached hydrogens (tertiary/aromatic N) is 1. The first-order valence-electron chi connectivity index (χ1n) is 7.25. The molecular weight excluding hydrogens is 316 g/mol. The van der Waals surface area contributed by atoms with Crippen molar-refractivity contribution in [1.82, 2.24) is 5.32 Å². The molecule has 1 fully saturated rings. The molecule has 1 aromatic rings. The van der Waals surface area contributed by atoms with E-state index < -0.39 is 0 Å². The summed E-state index contributed by atoms with van der Waals surface area (Å²) in [7, 11) is 0. The van der Waals surface area contributed by atoms with Gasteiger partial charge >= 0.3 is 0 Å². The van der Waals surface area contributed by atoms with Crippen LogP contribution in [-0.4, -0.2) is 31.3 Å². The smallest absolute Gasteiger partial charge is 0.0668 e. The Balaban J connectivity index is 2.23. The maximum atomic E-state index is 5.55. The first kappa shape index (κ1) is 15.8. The number of benzene rings is 1. The highest BCUT2D eigenvalue weighted by molar-refractivity contribution is 9.10. The van der Waals surface area contributed by atoms with E-state index in [2.05, 4.69) is 72.0 Å². The minimum atomic E-state index is 0.126. The van der Waals surface area contributed by atoms with Gasteiger partial charge in [-0.25, -0.2) is 0 Å². The van der Waals surface area contributed by atoms with Gasteiger partial charge in [-0.1, -0.05) is 22.0 Å². The van der Waals surface area contributed by atoms with E-state index in [1.807, 2.05) is 0 Å². The molecule has 1 aliphatic rings. The average molecular weight is 341 g/mol. The van der Waals surface area contributed by atoms with Gasteiger partial charge in [0.1, 0.15) is 0 Å². The van der Waals surface area contributed by atoms with Crippen molar-refractivity contribution in [3.8, 4) is 0 Å². The lowest BCUT2D eigenvalue weighted by Crippen LogP contribution is -2.44. The van der Waals surface area contributed by atoms with Crippen LogP contribution in [0.3, 0.4) is 0 Å². The molecule has 4 heteroatoms. The molecule has 0 aliphatic carbocycles. The molecule has 1 N–H and O–H groups in total. The first-order chi connectivity index (χ1) is 9.37. The molecule has 1 aliphatic heterocycles. The molecule has 1 aromatic carbocycles. The number of halogens is 1. The van der Waals surface area contributed by atoms with E-state index in [0.717, 1.165) is 30.8 Å². The highest BCUT2D eigenvalue weighted by Gasteiger charge is 2.22. The van der Waals surface area contributed by atoms with Crippen LogP contribution in [0, 0.1) is 0 Å². The van der Waals surface area contributed by atoms with Crippen molar-refractivity contribution in [2.24, 2.45) is 0 Å². The van der Waals surface area contributed by atoms with Gasteiger partial charge < -0.3 is 15.0 Å². The second kappa shape index (κ2) is 6.46. The highest BCUT2D eigenvalue weighted by Crippen LogP contribution is 2.28. The van der Waals surface area contributed by atoms with E-state index in [0.29, 0.717) is 6.04 Å². The number of hydrogen-bond acceptors (Lipinski definition) is 3. The predicted octanol–water partition coefficient (Wildman–Crippen LogP) is 3.56. The molecule has 0 bridgehead atoms. The summed E-state index contributed by atoms with van der Waals surface area (Å²) < 4.78 is 6.68. The van der Waals surface area contributed by atoms with Gasteiger partial charge in [0, 0.05) is 34.8 Å². The van der Waals surface area contributed by atoms with E-state index in [9.17, 15) is 0 Å². The van der Waals surface area contributed by atoms with E-state index in [4.69, 9.17) is 4.74 Å². The monoisotopic (exact) mass is 340 g/mol. The molecule has 0 radical (unpaired) electrons. The lowest BCUT2D eigenvalue weighted by atomic mass is 10.1. The Bertz CT molecular complexity index is 456. The van der Waals surface area contributed by atoms with Crippen molar-refractivity contribution in [3.05, 3.63) is 28.2 Å². The maximum Gasteiger partial charge on any atom is 0.0668 e. The zero-order valence-electron chi connectivity index (χ0n) is 12.9. The van der Waals surface area contributed by atoms with Crippen molar-refractivity contribution in [2.75, 3.05) is 24.7 Å².